The predicted molar refractivity (Wildman–Crippen MR) is 75.7 cm³/mol. The Morgan fingerprint density at radius 2 is 1.83 bits per heavy atom. The Morgan fingerprint density at radius 1 is 1.11 bits per heavy atom. The molecular weight excluding hydrogens is 228 g/mol. The fourth-order valence-electron chi connectivity index (χ4n) is 1.50. The van der Waals surface area contributed by atoms with Crippen LogP contribution < -0.4 is 5.32 Å². The normalized spacial score (nSPS) is 9.94. The van der Waals surface area contributed by atoms with Crippen LogP contribution in [0.15, 0.2) is 5.16 Å². The molecule has 0 heterocycles. The lowest BCUT2D eigenvalue weighted by Crippen LogP contribution is -2.23. The molecule has 0 aliphatic heterocycles. The predicted octanol–water partition coefficient (Wildman–Crippen LogP) is 3.27. The van der Waals surface area contributed by atoms with Crippen LogP contribution in [0, 0.1) is 0 Å². The van der Waals surface area contributed by atoms with Crippen molar-refractivity contribution in [3.63, 3.8) is 0 Å². The van der Waals surface area contributed by atoms with E-state index in [0.29, 0.717) is 13.0 Å². The van der Waals surface area contributed by atoms with Gasteiger partial charge in [0.25, 0.3) is 0 Å². The summed E-state index contributed by atoms with van der Waals surface area (Å²) in [4.78, 5) is 16.5. The summed E-state index contributed by atoms with van der Waals surface area (Å²) in [6.45, 7) is 7.66. The standard InChI is InChI=1S/C14H28N2O2/c1-4-11-15-14(17)10-8-7-9-12-18-16-13(5-2)6-3/h4-12H2,1-3H3,(H,15,17). The van der Waals surface area contributed by atoms with Crippen molar-refractivity contribution in [1.29, 1.82) is 0 Å². The summed E-state index contributed by atoms with van der Waals surface area (Å²) >= 11 is 0. The SMILES string of the molecule is CCCNC(=O)CCCCCON=C(CC)CC. The minimum absolute atomic E-state index is 0.162. The summed E-state index contributed by atoms with van der Waals surface area (Å²) in [5.41, 5.74) is 1.11. The van der Waals surface area contributed by atoms with Gasteiger partial charge in [0.1, 0.15) is 6.61 Å². The number of amides is 1. The number of hydrogen-bond donors (Lipinski definition) is 1. The van der Waals surface area contributed by atoms with E-state index in [-0.39, 0.29) is 5.91 Å². The van der Waals surface area contributed by atoms with Gasteiger partial charge in [-0.15, -0.1) is 0 Å². The largest absolute Gasteiger partial charge is 0.396 e. The smallest absolute Gasteiger partial charge is 0.219 e. The minimum atomic E-state index is 0.162. The van der Waals surface area contributed by atoms with Gasteiger partial charge in [-0.1, -0.05) is 25.9 Å². The highest BCUT2D eigenvalue weighted by molar-refractivity contribution is 5.83. The van der Waals surface area contributed by atoms with Crippen molar-refractivity contribution in [2.24, 2.45) is 5.16 Å². The maximum Gasteiger partial charge on any atom is 0.219 e. The zero-order chi connectivity index (χ0) is 13.6. The van der Waals surface area contributed by atoms with Crippen molar-refractivity contribution < 1.29 is 9.63 Å². The number of carbonyl (C=O) groups excluding carboxylic acids is 1. The summed E-state index contributed by atoms with van der Waals surface area (Å²) in [6, 6.07) is 0. The Balaban J connectivity index is 3.35. The highest BCUT2D eigenvalue weighted by Crippen LogP contribution is 2.01. The summed E-state index contributed by atoms with van der Waals surface area (Å²) in [6.07, 6.45) is 6.43. The Hall–Kier alpha value is -1.06. The van der Waals surface area contributed by atoms with Gasteiger partial charge in [0, 0.05) is 13.0 Å². The molecule has 1 N–H and O–H groups in total. The zero-order valence-electron chi connectivity index (χ0n) is 12.1. The van der Waals surface area contributed by atoms with Gasteiger partial charge < -0.3 is 10.2 Å². The first-order valence-corrected chi connectivity index (χ1v) is 7.18. The molecule has 106 valence electrons. The molecule has 0 bridgehead atoms. The maximum atomic E-state index is 11.3. The molecule has 0 aromatic heterocycles. The van der Waals surface area contributed by atoms with Gasteiger partial charge in [-0.2, -0.15) is 0 Å². The minimum Gasteiger partial charge on any atom is -0.396 e. The average Bonchev–Trinajstić information content (AvgIpc) is 2.39. The van der Waals surface area contributed by atoms with Crippen LogP contribution in [-0.4, -0.2) is 24.8 Å². The maximum absolute atomic E-state index is 11.3. The van der Waals surface area contributed by atoms with E-state index in [9.17, 15) is 4.79 Å². The molecule has 0 spiro atoms. The third kappa shape index (κ3) is 10.1. The van der Waals surface area contributed by atoms with E-state index in [1.54, 1.807) is 0 Å². The van der Waals surface area contributed by atoms with Crippen LogP contribution >= 0.6 is 0 Å². The molecule has 0 unspecified atom stereocenters. The summed E-state index contributed by atoms with van der Waals surface area (Å²) in [5.74, 6) is 0.162. The van der Waals surface area contributed by atoms with Crippen LogP contribution in [0.5, 0.6) is 0 Å². The van der Waals surface area contributed by atoms with Crippen LogP contribution in [0.2, 0.25) is 0 Å². The fraction of sp³-hybridized carbons (Fsp3) is 0.857. The number of hydrogen-bond acceptors (Lipinski definition) is 3. The number of nitrogens with zero attached hydrogens (tertiary/aromatic N) is 1. The third-order valence-corrected chi connectivity index (χ3v) is 2.72. The number of oxime groups is 1. The highest BCUT2D eigenvalue weighted by Gasteiger charge is 1.99. The Morgan fingerprint density at radius 3 is 2.44 bits per heavy atom. The number of rotatable bonds is 11. The van der Waals surface area contributed by atoms with Crippen molar-refractivity contribution in [3.8, 4) is 0 Å². The molecule has 0 aliphatic carbocycles. The number of carbonyl (C=O) groups is 1. The van der Waals surface area contributed by atoms with E-state index in [1.165, 1.54) is 0 Å². The van der Waals surface area contributed by atoms with Gasteiger partial charge in [0.15, 0.2) is 0 Å². The van der Waals surface area contributed by atoms with Gasteiger partial charge in [0.2, 0.25) is 5.91 Å². The molecule has 0 saturated carbocycles. The second-order valence-corrected chi connectivity index (χ2v) is 4.36. The molecular formula is C14H28N2O2. The summed E-state index contributed by atoms with van der Waals surface area (Å²) in [5, 5.41) is 6.94. The summed E-state index contributed by atoms with van der Waals surface area (Å²) in [7, 11) is 0. The van der Waals surface area contributed by atoms with Crippen molar-refractivity contribution >= 4 is 11.6 Å². The molecule has 1 amide bonds. The van der Waals surface area contributed by atoms with E-state index >= 15 is 0 Å². The Kier molecular flexibility index (Phi) is 11.7. The molecule has 0 atom stereocenters. The Labute approximate surface area is 111 Å². The molecule has 0 radical (unpaired) electrons. The first-order valence-electron chi connectivity index (χ1n) is 7.18. The molecule has 0 aromatic carbocycles. The molecule has 0 fully saturated rings. The lowest BCUT2D eigenvalue weighted by Gasteiger charge is -2.04. The topological polar surface area (TPSA) is 50.7 Å². The number of unbranched alkanes of at least 4 members (excludes halogenated alkanes) is 2. The van der Waals surface area contributed by atoms with Crippen LogP contribution in [-0.2, 0) is 9.63 Å². The second-order valence-electron chi connectivity index (χ2n) is 4.36. The second kappa shape index (κ2) is 12.4. The molecule has 0 saturated heterocycles. The summed E-state index contributed by atoms with van der Waals surface area (Å²) < 4.78 is 0. The van der Waals surface area contributed by atoms with Gasteiger partial charge in [0.05, 0.1) is 5.71 Å². The van der Waals surface area contributed by atoms with Gasteiger partial charge in [-0.3, -0.25) is 4.79 Å². The molecule has 0 rings (SSSR count). The van der Waals surface area contributed by atoms with Crippen LogP contribution in [0.1, 0.15) is 65.7 Å². The fourth-order valence-corrected chi connectivity index (χ4v) is 1.50. The molecule has 4 heteroatoms. The monoisotopic (exact) mass is 256 g/mol. The zero-order valence-corrected chi connectivity index (χ0v) is 12.1. The van der Waals surface area contributed by atoms with Crippen LogP contribution in [0.25, 0.3) is 0 Å². The molecule has 18 heavy (non-hydrogen) atoms. The molecule has 4 nitrogen and oxygen atoms in total. The van der Waals surface area contributed by atoms with E-state index in [0.717, 1.165) is 50.8 Å². The van der Waals surface area contributed by atoms with Gasteiger partial charge in [-0.05, 0) is 38.5 Å². The van der Waals surface area contributed by atoms with Crippen molar-refractivity contribution in [2.75, 3.05) is 13.2 Å². The van der Waals surface area contributed by atoms with Gasteiger partial charge >= 0.3 is 0 Å². The third-order valence-electron chi connectivity index (χ3n) is 2.72. The quantitative estimate of drug-likeness (QED) is 0.350. The van der Waals surface area contributed by atoms with E-state index in [4.69, 9.17) is 4.84 Å². The van der Waals surface area contributed by atoms with Crippen molar-refractivity contribution in [2.45, 2.75) is 65.7 Å². The highest BCUT2D eigenvalue weighted by atomic mass is 16.6. The van der Waals surface area contributed by atoms with Crippen LogP contribution in [0.4, 0.5) is 0 Å². The number of nitrogens with one attached hydrogen (secondary N) is 1. The molecule has 0 aliphatic rings. The van der Waals surface area contributed by atoms with Crippen molar-refractivity contribution in [1.82, 2.24) is 5.32 Å². The first kappa shape index (κ1) is 16.9. The van der Waals surface area contributed by atoms with E-state index in [2.05, 4.69) is 31.2 Å². The van der Waals surface area contributed by atoms with Gasteiger partial charge in [-0.25, -0.2) is 0 Å². The first-order chi connectivity index (χ1) is 8.74. The average molecular weight is 256 g/mol. The lowest BCUT2D eigenvalue weighted by molar-refractivity contribution is -0.121. The lowest BCUT2D eigenvalue weighted by atomic mass is 10.2. The van der Waals surface area contributed by atoms with Crippen LogP contribution in [0.3, 0.4) is 0 Å². The van der Waals surface area contributed by atoms with E-state index < -0.39 is 0 Å². The molecule has 0 aromatic rings. The van der Waals surface area contributed by atoms with Crippen molar-refractivity contribution in [3.05, 3.63) is 0 Å². The Bertz CT molecular complexity index is 234. The van der Waals surface area contributed by atoms with E-state index in [1.807, 2.05) is 0 Å².